The number of hydrogen-bond acceptors (Lipinski definition) is 1. The van der Waals surface area contributed by atoms with Gasteiger partial charge in [-0.2, -0.15) is 8.80 Å². The van der Waals surface area contributed by atoms with Crippen LogP contribution < -0.4 is 4.40 Å². The summed E-state index contributed by atoms with van der Waals surface area (Å²) in [6.07, 6.45) is 19.9. The van der Waals surface area contributed by atoms with E-state index in [-0.39, 0.29) is 5.92 Å². The van der Waals surface area contributed by atoms with Gasteiger partial charge in [0, 0.05) is 39.1 Å². The molecule has 0 radical (unpaired) electrons. The fraction of sp³-hybridized carbons (Fsp3) is 0.186. The Morgan fingerprint density at radius 2 is 1.41 bits per heavy atom. The zero-order valence-corrected chi connectivity index (χ0v) is 42.8. The van der Waals surface area contributed by atoms with Gasteiger partial charge in [-0.1, -0.05) is 155 Å². The van der Waals surface area contributed by atoms with Crippen LogP contribution >= 0.6 is 0 Å². The van der Waals surface area contributed by atoms with Crippen LogP contribution in [0.4, 0.5) is 0 Å². The van der Waals surface area contributed by atoms with Crippen LogP contribution in [-0.2, 0) is 12.8 Å². The van der Waals surface area contributed by atoms with E-state index in [9.17, 15) is 5.11 Å². The maximum Gasteiger partial charge on any atom is 0.301 e. The highest BCUT2D eigenvalue weighted by atomic mass is 16.3. The molecule has 4 aliphatic rings. The Kier molecular flexibility index (Phi) is 9.74. The van der Waals surface area contributed by atoms with E-state index in [2.05, 4.69) is 189 Å². The van der Waals surface area contributed by atoms with E-state index in [1.165, 1.54) is 127 Å². The van der Waals surface area contributed by atoms with Crippen molar-refractivity contribution in [3.05, 3.63) is 207 Å². The highest BCUT2D eigenvalue weighted by Crippen LogP contribution is 2.61. The summed E-state index contributed by atoms with van der Waals surface area (Å²) in [6, 6.07) is 43.8. The molecule has 0 saturated heterocycles. The average molecular weight is 944 g/mol. The Balaban J connectivity index is 0.00000244. The molecule has 3 aromatic heterocycles. The highest BCUT2D eigenvalue weighted by molar-refractivity contribution is 6.19. The first-order valence-electron chi connectivity index (χ1n) is 26.8. The first kappa shape index (κ1) is 43.8. The molecule has 1 atom stereocenters. The summed E-state index contributed by atoms with van der Waals surface area (Å²) in [5, 5.41) is 21.0. The predicted octanol–water partition coefficient (Wildman–Crippen LogP) is 18.1. The van der Waals surface area contributed by atoms with Gasteiger partial charge in [-0.05, 0) is 183 Å². The molecule has 73 heavy (non-hydrogen) atoms. The molecule has 0 amide bonds. The molecule has 4 heterocycles. The second-order valence-electron chi connectivity index (χ2n) is 20.8. The highest BCUT2D eigenvalue weighted by Gasteiger charge is 2.47. The number of aromatic hydroxyl groups is 1. The minimum absolute atomic E-state index is 0.0895. The third-order valence-electron chi connectivity index (χ3n) is 17.4. The van der Waals surface area contributed by atoms with Crippen molar-refractivity contribution < 1.29 is 9.51 Å². The lowest BCUT2D eigenvalue weighted by molar-refractivity contribution is -0.467. The molecule has 1 N–H and O–H groups in total. The van der Waals surface area contributed by atoms with Gasteiger partial charge < -0.3 is 5.11 Å². The van der Waals surface area contributed by atoms with Crippen molar-refractivity contribution >= 4 is 72.2 Å². The molecular weight excluding hydrogens is 885 g/mol. The number of benzene rings is 8. The summed E-state index contributed by atoms with van der Waals surface area (Å²) < 4.78 is 5.01. The lowest BCUT2D eigenvalue weighted by Crippen LogP contribution is -2.24. The van der Waals surface area contributed by atoms with Gasteiger partial charge in [0.15, 0.2) is 11.3 Å². The number of allylic oxidation sites excluding steroid dienone is 5. The summed E-state index contributed by atoms with van der Waals surface area (Å²) >= 11 is 0. The Morgan fingerprint density at radius 1 is 0.671 bits per heavy atom. The van der Waals surface area contributed by atoms with E-state index >= 15 is 0 Å². The Morgan fingerprint density at radius 3 is 2.18 bits per heavy atom. The molecule has 0 fully saturated rings. The van der Waals surface area contributed by atoms with E-state index in [1.54, 1.807) is 0 Å². The Bertz CT molecular complexity index is 4330. The van der Waals surface area contributed by atoms with Crippen LogP contribution in [0.3, 0.4) is 0 Å². The number of aromatic nitrogens is 2. The molecule has 1 unspecified atom stereocenters. The standard InChI is InChI=1S/C68H52N2O.C2H6/c1-6-18-46-38(4)37(3)39(5)59-61-45(7-2)67(71)66-65-64(61)63(62(46)59)55-35-53-50-26-17-15-24-48(50)47-23-14-16-25-49(47)52(53)34-54(55)58-36-51(43-29-27-42(28-30-43)40-19-10-8-11-20-40)60-56-33-44(41-21-12-9-13-22-41)31-32-57(56)69(66)68(60)70(58)65;1-2/h7-8,10-12,15-17,19-22,24-36,63H,2,6,9,13-14,18,23H2,1,3-5H3;1-2H3/p+1. The van der Waals surface area contributed by atoms with Gasteiger partial charge in [0.1, 0.15) is 11.2 Å². The first-order valence-corrected chi connectivity index (χ1v) is 26.8. The molecular formula is C70H59N2O+. The molecule has 0 bridgehead atoms. The smallest absolute Gasteiger partial charge is 0.301 e. The van der Waals surface area contributed by atoms with Crippen molar-refractivity contribution in [3.63, 3.8) is 0 Å². The lowest BCUT2D eigenvalue weighted by atomic mass is 9.78. The van der Waals surface area contributed by atoms with Gasteiger partial charge in [0.05, 0.1) is 5.39 Å². The number of fused-ring (bicyclic) bond motifs is 16. The summed E-state index contributed by atoms with van der Waals surface area (Å²) in [5.41, 5.74) is 29.3. The summed E-state index contributed by atoms with van der Waals surface area (Å²) in [5.74, 6) is 0.203. The molecule has 11 aromatic rings. The van der Waals surface area contributed by atoms with Gasteiger partial charge in [-0.25, -0.2) is 0 Å². The monoisotopic (exact) mass is 943 g/mol. The van der Waals surface area contributed by atoms with E-state index in [1.807, 2.05) is 19.9 Å². The lowest BCUT2D eigenvalue weighted by Gasteiger charge is -2.25. The second kappa shape index (κ2) is 16.3. The number of pyridine rings is 1. The second-order valence-corrected chi connectivity index (χ2v) is 20.8. The molecule has 3 aliphatic carbocycles. The van der Waals surface area contributed by atoms with Crippen LogP contribution in [0.15, 0.2) is 146 Å². The molecule has 0 saturated carbocycles. The fourth-order valence-electron chi connectivity index (χ4n) is 14.1. The Labute approximate surface area is 427 Å². The zero-order valence-electron chi connectivity index (χ0n) is 42.8. The quantitative estimate of drug-likeness (QED) is 0.131. The minimum atomic E-state index is -0.0895. The number of rotatable bonds is 6. The molecule has 1 aliphatic heterocycles. The average Bonchev–Trinajstić information content (AvgIpc) is 4.11. The number of imidazole rings is 1. The van der Waals surface area contributed by atoms with Crippen molar-refractivity contribution in [2.24, 2.45) is 0 Å². The molecule has 0 spiro atoms. The van der Waals surface area contributed by atoms with E-state index in [0.29, 0.717) is 5.75 Å². The molecule has 354 valence electrons. The van der Waals surface area contributed by atoms with Gasteiger partial charge in [-0.15, -0.1) is 0 Å². The van der Waals surface area contributed by atoms with Gasteiger partial charge in [0.2, 0.25) is 5.52 Å². The summed E-state index contributed by atoms with van der Waals surface area (Å²) in [4.78, 5) is 0. The number of phenols is 1. The molecule has 8 aromatic carbocycles. The van der Waals surface area contributed by atoms with Gasteiger partial charge in [-0.3, -0.25) is 0 Å². The van der Waals surface area contributed by atoms with E-state index in [0.717, 1.165) is 77.5 Å². The van der Waals surface area contributed by atoms with Crippen LogP contribution in [0.1, 0.15) is 114 Å². The minimum Gasteiger partial charge on any atom is -0.503 e. The van der Waals surface area contributed by atoms with E-state index in [4.69, 9.17) is 0 Å². The number of hydrogen-bond donors (Lipinski definition) is 1. The summed E-state index contributed by atoms with van der Waals surface area (Å²) in [7, 11) is 0. The van der Waals surface area contributed by atoms with Gasteiger partial charge in [0.25, 0.3) is 0 Å². The van der Waals surface area contributed by atoms with Crippen LogP contribution in [0, 0.1) is 20.8 Å². The van der Waals surface area contributed by atoms with Crippen molar-refractivity contribution in [1.82, 2.24) is 4.40 Å². The molecule has 3 nitrogen and oxygen atoms in total. The molecule has 15 rings (SSSR count). The SMILES string of the molecule is C=Cc1c2c3c4c(c1O)n1c5ccc(C6=CCCC=C6)cc5c5c(-c6ccc(-c7ccccc7)cc6)cc([n+]4c51)-c1cc4c5c(c6ccccc6c4cc1C3c1c(CCC)c(C)c(C)c(C)c1-2)CCC=C5.CC. The van der Waals surface area contributed by atoms with Crippen molar-refractivity contribution in [2.75, 3.05) is 0 Å². The number of aryl methyl sites for hydroxylation is 1. The fourth-order valence-corrected chi connectivity index (χ4v) is 14.1. The zero-order chi connectivity index (χ0) is 49.6. The maximum absolute atomic E-state index is 13.4. The van der Waals surface area contributed by atoms with Crippen LogP contribution in [0.2, 0.25) is 0 Å². The van der Waals surface area contributed by atoms with Gasteiger partial charge >= 0.3 is 5.65 Å². The van der Waals surface area contributed by atoms with E-state index < -0.39 is 0 Å². The normalized spacial score (nSPS) is 15.1. The summed E-state index contributed by atoms with van der Waals surface area (Å²) in [6.45, 7) is 17.8. The topological polar surface area (TPSA) is 28.7 Å². The van der Waals surface area contributed by atoms with Crippen molar-refractivity contribution in [3.8, 4) is 50.4 Å². The van der Waals surface area contributed by atoms with Crippen LogP contribution in [-0.4, -0.2) is 9.51 Å². The van der Waals surface area contributed by atoms with Crippen molar-refractivity contribution in [1.29, 1.82) is 0 Å². The molecule has 3 heteroatoms. The number of nitrogens with zero attached hydrogens (tertiary/aromatic N) is 2. The Hall–Kier alpha value is -8.01. The predicted molar refractivity (Wildman–Crippen MR) is 309 cm³/mol. The number of phenolic OH excluding ortho intramolecular Hbond substituents is 1. The largest absolute Gasteiger partial charge is 0.503 e. The van der Waals surface area contributed by atoms with Crippen LogP contribution in [0.5, 0.6) is 5.75 Å². The third-order valence-corrected chi connectivity index (χ3v) is 17.4. The first-order chi connectivity index (χ1) is 35.9. The van der Waals surface area contributed by atoms with Crippen LogP contribution in [0.25, 0.3) is 117 Å². The third kappa shape index (κ3) is 5.80. The maximum atomic E-state index is 13.4. The van der Waals surface area contributed by atoms with Crippen molar-refractivity contribution in [2.45, 2.75) is 86.0 Å².